The van der Waals surface area contributed by atoms with E-state index in [0.717, 1.165) is 24.0 Å². The minimum absolute atomic E-state index is 0.0950. The summed E-state index contributed by atoms with van der Waals surface area (Å²) >= 11 is 0. The summed E-state index contributed by atoms with van der Waals surface area (Å²) in [7, 11) is 0. The summed E-state index contributed by atoms with van der Waals surface area (Å²) in [6.45, 7) is 0. The first-order chi connectivity index (χ1) is 11.2. The number of amides is 1. The lowest BCUT2D eigenvalue weighted by Gasteiger charge is -2.10. The number of aromatic amines is 1. The number of rotatable bonds is 2. The molecular weight excluding hydrogens is 286 g/mol. The Morgan fingerprint density at radius 1 is 1.04 bits per heavy atom. The van der Waals surface area contributed by atoms with Gasteiger partial charge in [0.15, 0.2) is 0 Å². The van der Waals surface area contributed by atoms with Crippen LogP contribution in [-0.2, 0) is 12.8 Å². The summed E-state index contributed by atoms with van der Waals surface area (Å²) in [5.41, 5.74) is 11.6. The molecule has 1 amide bonds. The van der Waals surface area contributed by atoms with Crippen molar-refractivity contribution >= 4 is 28.2 Å². The number of nitrogens with one attached hydrogen (secondary N) is 2. The normalized spacial score (nSPS) is 13.7. The molecule has 0 atom stereocenters. The summed E-state index contributed by atoms with van der Waals surface area (Å²) in [5, 5.41) is 4.10. The van der Waals surface area contributed by atoms with Gasteiger partial charge in [-0.2, -0.15) is 0 Å². The molecule has 0 spiro atoms. The fourth-order valence-electron chi connectivity index (χ4n) is 3.32. The second-order valence-electron chi connectivity index (χ2n) is 6.13. The number of aromatic nitrogens is 1. The second-order valence-corrected chi connectivity index (χ2v) is 6.13. The molecule has 1 aliphatic rings. The molecule has 4 N–H and O–H groups in total. The molecule has 0 saturated heterocycles. The van der Waals surface area contributed by atoms with Crippen LogP contribution in [0.25, 0.3) is 10.9 Å². The van der Waals surface area contributed by atoms with Crippen molar-refractivity contribution in [2.24, 2.45) is 0 Å². The van der Waals surface area contributed by atoms with Crippen molar-refractivity contribution in [2.75, 3.05) is 11.1 Å². The van der Waals surface area contributed by atoms with Crippen molar-refractivity contribution in [3.63, 3.8) is 0 Å². The van der Waals surface area contributed by atoms with E-state index < -0.39 is 0 Å². The lowest BCUT2D eigenvalue weighted by atomic mass is 9.95. The van der Waals surface area contributed by atoms with Crippen molar-refractivity contribution in [1.29, 1.82) is 0 Å². The van der Waals surface area contributed by atoms with Crippen LogP contribution in [-0.4, -0.2) is 10.9 Å². The molecule has 0 saturated carbocycles. The number of anilines is 2. The van der Waals surface area contributed by atoms with Gasteiger partial charge in [-0.05, 0) is 73.7 Å². The predicted octanol–water partition coefficient (Wildman–Crippen LogP) is 3.88. The third kappa shape index (κ3) is 2.57. The first-order valence-corrected chi connectivity index (χ1v) is 8.01. The van der Waals surface area contributed by atoms with Crippen molar-refractivity contribution < 1.29 is 4.79 Å². The number of nitrogen functional groups attached to an aromatic ring is 1. The van der Waals surface area contributed by atoms with Gasteiger partial charge in [-0.3, -0.25) is 4.79 Å². The highest BCUT2D eigenvalue weighted by Crippen LogP contribution is 2.29. The van der Waals surface area contributed by atoms with Gasteiger partial charge in [0.1, 0.15) is 0 Å². The Balaban J connectivity index is 1.65. The van der Waals surface area contributed by atoms with Gasteiger partial charge < -0.3 is 16.0 Å². The molecule has 0 aliphatic heterocycles. The lowest BCUT2D eigenvalue weighted by molar-refractivity contribution is 0.102. The number of fused-ring (bicyclic) bond motifs is 3. The summed E-state index contributed by atoms with van der Waals surface area (Å²) in [6, 6.07) is 13.1. The van der Waals surface area contributed by atoms with E-state index in [9.17, 15) is 4.79 Å². The van der Waals surface area contributed by atoms with E-state index >= 15 is 0 Å². The minimum Gasteiger partial charge on any atom is -0.399 e. The molecule has 0 bridgehead atoms. The Morgan fingerprint density at radius 2 is 1.83 bits per heavy atom. The standard InChI is InChI=1S/C19H19N3O/c20-13-6-8-14(9-7-13)21-19(23)12-5-10-18-16(11-12)15-3-1-2-4-17(15)22-18/h5-11,22H,1-4,20H2,(H,21,23). The fourth-order valence-corrected chi connectivity index (χ4v) is 3.32. The highest BCUT2D eigenvalue weighted by atomic mass is 16.1. The lowest BCUT2D eigenvalue weighted by Crippen LogP contribution is -2.11. The van der Waals surface area contributed by atoms with Crippen LogP contribution in [0.5, 0.6) is 0 Å². The topological polar surface area (TPSA) is 70.9 Å². The van der Waals surface area contributed by atoms with Gasteiger partial charge in [0.2, 0.25) is 0 Å². The van der Waals surface area contributed by atoms with E-state index in [1.54, 1.807) is 12.1 Å². The Hall–Kier alpha value is -2.75. The van der Waals surface area contributed by atoms with E-state index in [0.29, 0.717) is 11.3 Å². The highest BCUT2D eigenvalue weighted by Gasteiger charge is 2.16. The Labute approximate surface area is 134 Å². The van der Waals surface area contributed by atoms with Crippen LogP contribution in [0.1, 0.15) is 34.5 Å². The third-order valence-corrected chi connectivity index (χ3v) is 4.53. The Morgan fingerprint density at radius 3 is 2.65 bits per heavy atom. The average Bonchev–Trinajstić information content (AvgIpc) is 2.94. The Bertz CT molecular complexity index is 878. The largest absolute Gasteiger partial charge is 0.399 e. The van der Waals surface area contributed by atoms with Crippen LogP contribution in [0.2, 0.25) is 0 Å². The average molecular weight is 305 g/mol. The van der Waals surface area contributed by atoms with E-state index in [1.165, 1.54) is 29.5 Å². The number of nitrogens with two attached hydrogens (primary N) is 1. The molecule has 0 fully saturated rings. The molecule has 23 heavy (non-hydrogen) atoms. The second kappa shape index (κ2) is 5.47. The molecule has 4 rings (SSSR count). The molecule has 1 aliphatic carbocycles. The first kappa shape index (κ1) is 13.9. The maximum Gasteiger partial charge on any atom is 0.255 e. The minimum atomic E-state index is -0.0950. The molecule has 0 unspecified atom stereocenters. The molecule has 3 aromatic rings. The van der Waals surface area contributed by atoms with Gasteiger partial charge in [0.05, 0.1) is 0 Å². The van der Waals surface area contributed by atoms with Crippen LogP contribution in [0.4, 0.5) is 11.4 Å². The SMILES string of the molecule is Nc1ccc(NC(=O)c2ccc3[nH]c4c(c3c2)CCCC4)cc1. The maximum absolute atomic E-state index is 12.5. The van der Waals surface area contributed by atoms with Crippen molar-refractivity contribution in [1.82, 2.24) is 4.98 Å². The van der Waals surface area contributed by atoms with Crippen molar-refractivity contribution in [3.8, 4) is 0 Å². The number of H-pyrrole nitrogens is 1. The monoisotopic (exact) mass is 305 g/mol. The maximum atomic E-state index is 12.5. The molecular formula is C19H19N3O. The molecule has 2 aromatic carbocycles. The van der Waals surface area contributed by atoms with E-state index in [1.807, 2.05) is 30.3 Å². The van der Waals surface area contributed by atoms with Crippen LogP contribution in [0.15, 0.2) is 42.5 Å². The number of aryl methyl sites for hydroxylation is 2. The van der Waals surface area contributed by atoms with E-state index in [2.05, 4.69) is 10.3 Å². The fraction of sp³-hybridized carbons (Fsp3) is 0.211. The number of benzene rings is 2. The van der Waals surface area contributed by atoms with Crippen LogP contribution in [0.3, 0.4) is 0 Å². The Kier molecular flexibility index (Phi) is 3.30. The molecule has 1 aromatic heterocycles. The third-order valence-electron chi connectivity index (χ3n) is 4.53. The van der Waals surface area contributed by atoms with Crippen LogP contribution < -0.4 is 11.1 Å². The summed E-state index contributed by atoms with van der Waals surface area (Å²) in [4.78, 5) is 16.0. The zero-order valence-electron chi connectivity index (χ0n) is 12.9. The van der Waals surface area contributed by atoms with Crippen molar-refractivity contribution in [3.05, 3.63) is 59.3 Å². The van der Waals surface area contributed by atoms with Crippen LogP contribution in [0, 0.1) is 0 Å². The molecule has 116 valence electrons. The van der Waals surface area contributed by atoms with Gasteiger partial charge in [0, 0.05) is 33.5 Å². The number of hydrogen-bond acceptors (Lipinski definition) is 2. The van der Waals surface area contributed by atoms with E-state index in [4.69, 9.17) is 5.73 Å². The van der Waals surface area contributed by atoms with Gasteiger partial charge in [-0.1, -0.05) is 0 Å². The van der Waals surface area contributed by atoms with Gasteiger partial charge in [-0.15, -0.1) is 0 Å². The van der Waals surface area contributed by atoms with Gasteiger partial charge in [0.25, 0.3) is 5.91 Å². The smallest absolute Gasteiger partial charge is 0.255 e. The first-order valence-electron chi connectivity index (χ1n) is 8.01. The quantitative estimate of drug-likeness (QED) is 0.629. The zero-order chi connectivity index (χ0) is 15.8. The molecule has 0 radical (unpaired) electrons. The molecule has 4 heteroatoms. The number of carbonyl (C=O) groups excluding carboxylic acids is 1. The predicted molar refractivity (Wildman–Crippen MR) is 93.7 cm³/mol. The highest BCUT2D eigenvalue weighted by molar-refractivity contribution is 6.06. The summed E-state index contributed by atoms with van der Waals surface area (Å²) < 4.78 is 0. The van der Waals surface area contributed by atoms with Gasteiger partial charge >= 0.3 is 0 Å². The number of carbonyl (C=O) groups is 1. The zero-order valence-corrected chi connectivity index (χ0v) is 12.9. The van der Waals surface area contributed by atoms with Gasteiger partial charge in [-0.25, -0.2) is 0 Å². The molecule has 4 nitrogen and oxygen atoms in total. The summed E-state index contributed by atoms with van der Waals surface area (Å²) in [6.07, 6.45) is 4.67. The van der Waals surface area contributed by atoms with Crippen molar-refractivity contribution in [2.45, 2.75) is 25.7 Å². The summed E-state index contributed by atoms with van der Waals surface area (Å²) in [5.74, 6) is -0.0950. The van der Waals surface area contributed by atoms with Crippen LogP contribution >= 0.6 is 0 Å². The number of hydrogen-bond donors (Lipinski definition) is 3. The molecule has 1 heterocycles. The van der Waals surface area contributed by atoms with E-state index in [-0.39, 0.29) is 5.91 Å².